The Morgan fingerprint density at radius 1 is 0.194 bits per heavy atom. The molecule has 0 unspecified atom stereocenters. The molecule has 0 aliphatic rings. The van der Waals surface area contributed by atoms with Gasteiger partial charge in [0.2, 0.25) is 0 Å². The highest BCUT2D eigenvalue weighted by Crippen LogP contribution is 2.50. The largest absolute Gasteiger partial charge is 0.0775 e. The predicted molar refractivity (Wildman–Crippen MR) is 320 cm³/mol. The number of benzene rings is 12. The lowest BCUT2D eigenvalue weighted by Crippen LogP contribution is -2.37. The minimum absolute atomic E-state index is 1.21. The van der Waals surface area contributed by atoms with E-state index in [4.69, 9.17) is 0 Å². The molecule has 2 heteroatoms. The van der Waals surface area contributed by atoms with Crippen LogP contribution >= 0.6 is 0 Å². The third kappa shape index (κ3) is 8.41. The Morgan fingerprint density at radius 3 is 0.681 bits per heavy atom. The number of hydrogen-bond donors (Lipinski definition) is 0. The molecule has 346 valence electrons. The van der Waals surface area contributed by atoms with Gasteiger partial charge in [-0.15, -0.1) is 0 Å². The van der Waals surface area contributed by atoms with Crippen LogP contribution in [0.25, 0.3) is 121 Å². The lowest BCUT2D eigenvalue weighted by Gasteiger charge is -2.23. The predicted octanol–water partition coefficient (Wildman–Crippen LogP) is 19.0. The van der Waals surface area contributed by atoms with Crippen LogP contribution in [-0.2, 0) is 0 Å². The minimum Gasteiger partial charge on any atom is -0.0656 e. The third-order valence-corrected chi connectivity index (χ3v) is 19.1. The summed E-state index contributed by atoms with van der Waals surface area (Å²) >= 11 is 0. The van der Waals surface area contributed by atoms with Gasteiger partial charge in [-0.3, -0.25) is 0 Å². The zero-order valence-corrected chi connectivity index (χ0v) is 44.1. The Kier molecular flexibility index (Phi) is 11.4. The topological polar surface area (TPSA) is 0 Å². The van der Waals surface area contributed by atoms with Crippen molar-refractivity contribution < 1.29 is 0 Å². The number of rotatable bonds is 10. The molecule has 0 aromatic heterocycles. The molecule has 0 aliphatic carbocycles. The second kappa shape index (κ2) is 18.1. The summed E-state index contributed by atoms with van der Waals surface area (Å²) in [6, 6.07) is 91.7. The van der Waals surface area contributed by atoms with Crippen LogP contribution in [0.4, 0.5) is 0 Å². The normalized spacial score (nSPS) is 12.0. The van der Waals surface area contributed by atoms with Crippen LogP contribution in [0.5, 0.6) is 0 Å². The van der Waals surface area contributed by atoms with Crippen molar-refractivity contribution >= 4 is 58.8 Å². The maximum Gasteiger partial charge on any atom is 0.0775 e. The van der Waals surface area contributed by atoms with Crippen LogP contribution in [0.2, 0.25) is 39.3 Å². The summed E-state index contributed by atoms with van der Waals surface area (Å²) in [5.41, 5.74) is 19.5. The van der Waals surface area contributed by atoms with E-state index in [2.05, 4.69) is 282 Å². The summed E-state index contributed by atoms with van der Waals surface area (Å²) in [6.45, 7) is 14.6. The van der Waals surface area contributed by atoms with Gasteiger partial charge >= 0.3 is 0 Å². The molecule has 0 saturated carbocycles. The van der Waals surface area contributed by atoms with Gasteiger partial charge in [-0.05, 0) is 170 Å². The van der Waals surface area contributed by atoms with Gasteiger partial charge in [0.1, 0.15) is 0 Å². The van der Waals surface area contributed by atoms with Gasteiger partial charge in [0, 0.05) is 0 Å². The summed E-state index contributed by atoms with van der Waals surface area (Å²) in [6.07, 6.45) is 0. The van der Waals surface area contributed by atoms with Crippen molar-refractivity contribution in [3.05, 3.63) is 243 Å². The Morgan fingerprint density at radius 2 is 0.431 bits per heavy atom. The van der Waals surface area contributed by atoms with E-state index in [1.54, 1.807) is 0 Å². The van der Waals surface area contributed by atoms with Crippen LogP contribution in [0.1, 0.15) is 0 Å². The second-order valence-corrected chi connectivity index (χ2v) is 31.9. The first kappa shape index (κ1) is 45.3. The van der Waals surface area contributed by atoms with Crippen molar-refractivity contribution in [2.24, 2.45) is 0 Å². The molecule has 12 aromatic rings. The van der Waals surface area contributed by atoms with E-state index in [-0.39, 0.29) is 0 Å². The fraction of sp³-hybridized carbons (Fsp3) is 0.0857. The summed E-state index contributed by atoms with van der Waals surface area (Å²) in [4.78, 5) is 0. The van der Waals surface area contributed by atoms with Crippen LogP contribution in [0, 0.1) is 0 Å². The summed E-state index contributed by atoms with van der Waals surface area (Å²) in [7, 11) is -3.09. The van der Waals surface area contributed by atoms with Crippen molar-refractivity contribution in [3.63, 3.8) is 0 Å². The first-order valence-electron chi connectivity index (χ1n) is 25.5. The smallest absolute Gasteiger partial charge is 0.0656 e. The Hall–Kier alpha value is -7.89. The fourth-order valence-corrected chi connectivity index (χ4v) is 13.3. The Balaban J connectivity index is 1.21. The molecule has 0 bridgehead atoms. The molecular weight excluding hydrogens is 897 g/mol. The van der Waals surface area contributed by atoms with Crippen LogP contribution in [0.3, 0.4) is 0 Å². The highest BCUT2D eigenvalue weighted by Gasteiger charge is 2.24. The quantitative estimate of drug-likeness (QED) is 0.0946. The van der Waals surface area contributed by atoms with Gasteiger partial charge in [0.15, 0.2) is 0 Å². The first-order chi connectivity index (χ1) is 34.9. The molecule has 72 heavy (non-hydrogen) atoms. The molecule has 0 heterocycles. The van der Waals surface area contributed by atoms with E-state index < -0.39 is 16.1 Å². The average molecular weight is 955 g/mol. The van der Waals surface area contributed by atoms with Gasteiger partial charge < -0.3 is 0 Å². The zero-order chi connectivity index (χ0) is 49.1. The molecule has 0 spiro atoms. The van der Waals surface area contributed by atoms with E-state index in [1.807, 2.05) is 0 Å². The van der Waals surface area contributed by atoms with Gasteiger partial charge in [-0.25, -0.2) is 0 Å². The van der Waals surface area contributed by atoms with Crippen molar-refractivity contribution in [2.45, 2.75) is 39.3 Å². The monoisotopic (exact) mass is 954 g/mol. The van der Waals surface area contributed by atoms with E-state index in [0.29, 0.717) is 0 Å². The van der Waals surface area contributed by atoms with Gasteiger partial charge in [-0.1, -0.05) is 244 Å². The molecule has 12 rings (SSSR count). The zero-order valence-electron chi connectivity index (χ0n) is 42.1. The van der Waals surface area contributed by atoms with Crippen LogP contribution in [-0.4, -0.2) is 16.1 Å². The molecule has 12 aromatic carbocycles. The average Bonchev–Trinajstić information content (AvgIpc) is 3.42. The van der Waals surface area contributed by atoms with Crippen molar-refractivity contribution in [3.8, 4) is 89.0 Å². The minimum atomic E-state index is -1.55. The Bertz CT molecular complexity index is 3540. The molecule has 0 atom stereocenters. The fourth-order valence-electron chi connectivity index (χ4n) is 11.0. The van der Waals surface area contributed by atoms with Crippen LogP contribution in [0.15, 0.2) is 243 Å². The highest BCUT2D eigenvalue weighted by atomic mass is 28.3. The van der Waals surface area contributed by atoms with E-state index >= 15 is 0 Å². The van der Waals surface area contributed by atoms with Gasteiger partial charge in [0.25, 0.3) is 0 Å². The number of hydrogen-bond acceptors (Lipinski definition) is 0. The molecule has 0 amide bonds. The van der Waals surface area contributed by atoms with Crippen LogP contribution < -0.4 is 10.4 Å². The second-order valence-electron chi connectivity index (χ2n) is 21.7. The van der Waals surface area contributed by atoms with Crippen molar-refractivity contribution in [1.82, 2.24) is 0 Å². The van der Waals surface area contributed by atoms with E-state index in [9.17, 15) is 0 Å². The highest BCUT2D eigenvalue weighted by molar-refractivity contribution is 6.89. The molecule has 0 fully saturated rings. The van der Waals surface area contributed by atoms with E-state index in [0.717, 1.165) is 0 Å². The third-order valence-electron chi connectivity index (χ3n) is 14.9. The SMILES string of the molecule is C[Si](C)(C)c1ccc(-c2cc(-c3cc(-c4ccccc4)cc(-c4ccccc4)c3)c3ccc4c(-c5ccc([Si](C)(C)C)cc5)cc(-c5cc(-c6ccccc6)cc(-c6ccccc6)c5)c5ccc2c3c45)cc1. The first-order valence-corrected chi connectivity index (χ1v) is 32.5. The standard InChI is InChI=1S/C70H58Si2/c1-71(2,3)59-31-27-51(28-32-59)65-45-67(57-41-53(47-19-11-7-12-20-47)39-54(42-57)48-21-13-8-14-22-48)63-38-36-62-66(52-29-33-60(34-30-52)72(4,5)6)46-68(64-37-35-61(65)69(63)70(62)64)58-43-55(49-23-15-9-16-24-49)40-56(44-58)50-25-17-10-18-26-50/h7-46H,1-6H3. The molecular formula is C70H58Si2. The maximum atomic E-state index is 2.50. The Labute approximate surface area is 427 Å². The molecule has 0 aliphatic heterocycles. The lowest BCUT2D eigenvalue weighted by atomic mass is 9.81. The molecule has 0 N–H and O–H groups in total. The van der Waals surface area contributed by atoms with E-state index in [1.165, 1.54) is 132 Å². The van der Waals surface area contributed by atoms with Crippen molar-refractivity contribution in [1.29, 1.82) is 0 Å². The van der Waals surface area contributed by atoms with Gasteiger partial charge in [-0.2, -0.15) is 0 Å². The van der Waals surface area contributed by atoms with Gasteiger partial charge in [0.05, 0.1) is 16.1 Å². The molecule has 0 radical (unpaired) electrons. The maximum absolute atomic E-state index is 2.50. The molecule has 0 saturated heterocycles. The summed E-state index contributed by atoms with van der Waals surface area (Å²) in [5, 5.41) is 10.6. The van der Waals surface area contributed by atoms with Crippen molar-refractivity contribution in [2.75, 3.05) is 0 Å². The summed E-state index contributed by atoms with van der Waals surface area (Å²) < 4.78 is 0. The lowest BCUT2D eigenvalue weighted by molar-refractivity contribution is 1.57. The molecule has 0 nitrogen and oxygen atoms in total. The summed E-state index contributed by atoms with van der Waals surface area (Å²) in [5.74, 6) is 0.